The van der Waals surface area contributed by atoms with Crippen LogP contribution in [0.5, 0.6) is 0 Å². The monoisotopic (exact) mass is 536 g/mol. The Bertz CT molecular complexity index is 730. The maximum absolute atomic E-state index is 12.5. The normalized spacial score (nSPS) is 38.0. The number of aliphatic hydroxyl groups excluding tert-OH is 4. The summed E-state index contributed by atoms with van der Waals surface area (Å²) in [5, 5.41) is 41.6. The first-order valence-corrected chi connectivity index (χ1v) is 13.2. The maximum atomic E-state index is 12.5. The third kappa shape index (κ3) is 8.04. The van der Waals surface area contributed by atoms with Gasteiger partial charge in [0.05, 0.1) is 13.2 Å². The van der Waals surface area contributed by atoms with Crippen molar-refractivity contribution in [3.63, 3.8) is 0 Å². The lowest BCUT2D eigenvalue weighted by Gasteiger charge is -2.42. The van der Waals surface area contributed by atoms with E-state index < -0.39 is 79.5 Å². The van der Waals surface area contributed by atoms with E-state index in [1.807, 2.05) is 0 Å². The highest BCUT2D eigenvalue weighted by molar-refractivity contribution is 5.69. The molecule has 37 heavy (non-hydrogen) atoms. The number of carbonyl (C=O) groups is 1. The van der Waals surface area contributed by atoms with Crippen LogP contribution in [0, 0.1) is 0 Å². The molecule has 216 valence electrons. The Kier molecular flexibility index (Phi) is 10.7. The lowest BCUT2D eigenvalue weighted by Crippen LogP contribution is -2.61. The molecule has 0 bridgehead atoms. The number of esters is 1. The predicted octanol–water partition coefficient (Wildman–Crippen LogP) is 0.704. The predicted molar refractivity (Wildman–Crippen MR) is 127 cm³/mol. The smallest absolute Gasteiger partial charge is 0.306 e. The van der Waals surface area contributed by atoms with Gasteiger partial charge >= 0.3 is 5.97 Å². The number of hydrogen-bond donors (Lipinski definition) is 4. The van der Waals surface area contributed by atoms with E-state index in [2.05, 4.69) is 6.92 Å². The Morgan fingerprint density at radius 3 is 2.32 bits per heavy atom. The summed E-state index contributed by atoms with van der Waals surface area (Å²) in [5.41, 5.74) is 0. The van der Waals surface area contributed by atoms with Crippen molar-refractivity contribution >= 4 is 5.97 Å². The van der Waals surface area contributed by atoms with Crippen LogP contribution in [0.3, 0.4) is 0 Å². The van der Waals surface area contributed by atoms with Gasteiger partial charge in [-0.3, -0.25) is 4.79 Å². The Balaban J connectivity index is 1.69. The van der Waals surface area contributed by atoms with E-state index in [4.69, 9.17) is 33.2 Å². The van der Waals surface area contributed by atoms with Crippen molar-refractivity contribution in [1.82, 2.24) is 0 Å². The molecule has 1 unspecified atom stereocenters. The average Bonchev–Trinajstić information content (AvgIpc) is 3.36. The second-order valence-corrected chi connectivity index (χ2v) is 10.8. The summed E-state index contributed by atoms with van der Waals surface area (Å²) < 4.78 is 40.1. The zero-order valence-corrected chi connectivity index (χ0v) is 22.4. The summed E-state index contributed by atoms with van der Waals surface area (Å²) in [6, 6.07) is 0. The molecular formula is C25H44O12. The van der Waals surface area contributed by atoms with Crippen molar-refractivity contribution in [2.75, 3.05) is 13.2 Å². The topological polar surface area (TPSA) is 163 Å². The lowest BCUT2D eigenvalue weighted by atomic mass is 9.99. The molecule has 3 heterocycles. The molecule has 0 aromatic rings. The number of rotatable bonds is 12. The molecule has 3 aliphatic heterocycles. The molecule has 0 aromatic heterocycles. The van der Waals surface area contributed by atoms with Gasteiger partial charge in [0.25, 0.3) is 0 Å². The fraction of sp³-hybridized carbons (Fsp3) is 0.960. The summed E-state index contributed by atoms with van der Waals surface area (Å²) in [6.45, 7) is 8.55. The quantitative estimate of drug-likeness (QED) is 0.157. The Hall–Kier alpha value is -0.930. The molecule has 3 rings (SSSR count). The highest BCUT2D eigenvalue weighted by atomic mass is 16.8. The molecule has 0 saturated carbocycles. The third-order valence-corrected chi connectivity index (χ3v) is 6.69. The third-order valence-electron chi connectivity index (χ3n) is 6.69. The van der Waals surface area contributed by atoms with Gasteiger partial charge < -0.3 is 53.6 Å². The van der Waals surface area contributed by atoms with Crippen LogP contribution in [0.1, 0.15) is 73.1 Å². The van der Waals surface area contributed by atoms with Crippen LogP contribution in [0.25, 0.3) is 0 Å². The van der Waals surface area contributed by atoms with E-state index in [0.717, 1.165) is 25.7 Å². The lowest BCUT2D eigenvalue weighted by molar-refractivity contribution is -0.345. The molecule has 4 N–H and O–H groups in total. The minimum atomic E-state index is -1.67. The summed E-state index contributed by atoms with van der Waals surface area (Å²) in [7, 11) is 0. The molecule has 12 nitrogen and oxygen atoms in total. The number of aliphatic hydroxyl groups is 4. The van der Waals surface area contributed by atoms with E-state index in [1.165, 1.54) is 0 Å². The van der Waals surface area contributed by atoms with Crippen LogP contribution in [-0.4, -0.2) is 106 Å². The molecule has 0 radical (unpaired) electrons. The zero-order valence-electron chi connectivity index (χ0n) is 22.4. The van der Waals surface area contributed by atoms with Crippen molar-refractivity contribution in [3.8, 4) is 0 Å². The fourth-order valence-corrected chi connectivity index (χ4v) is 4.79. The second-order valence-electron chi connectivity index (χ2n) is 10.8. The molecule has 3 fully saturated rings. The second kappa shape index (κ2) is 12.9. The number of ether oxygens (including phenoxy) is 7. The van der Waals surface area contributed by atoms with Gasteiger partial charge in [-0.05, 0) is 34.1 Å². The maximum Gasteiger partial charge on any atom is 0.306 e. The largest absolute Gasteiger partial charge is 0.454 e. The molecule has 0 amide bonds. The van der Waals surface area contributed by atoms with Crippen molar-refractivity contribution in [2.24, 2.45) is 0 Å². The molecular weight excluding hydrogens is 492 g/mol. The summed E-state index contributed by atoms with van der Waals surface area (Å²) >= 11 is 0. The van der Waals surface area contributed by atoms with Gasteiger partial charge in [-0.15, -0.1) is 0 Å². The van der Waals surface area contributed by atoms with Gasteiger partial charge in [-0.25, -0.2) is 0 Å². The first kappa shape index (κ1) is 30.6. The SMILES string of the molecule is CCCCCCCC(=O)O[C@@H]1[C@H](OC(O)[C@@H]2OC(C)(C)O[C@@H]2[C@H]2COC(C)(C)O2)O[C@H](CO)[C@@H](O)[C@@H]1O. The van der Waals surface area contributed by atoms with Crippen LogP contribution in [0.4, 0.5) is 0 Å². The van der Waals surface area contributed by atoms with Gasteiger partial charge in [-0.1, -0.05) is 32.6 Å². The van der Waals surface area contributed by atoms with Gasteiger partial charge in [0.15, 0.2) is 24.0 Å². The number of carbonyl (C=O) groups excluding carboxylic acids is 1. The van der Waals surface area contributed by atoms with Crippen LogP contribution in [-0.2, 0) is 38.0 Å². The van der Waals surface area contributed by atoms with E-state index in [9.17, 15) is 25.2 Å². The Labute approximate surface area is 218 Å². The molecule has 0 aliphatic carbocycles. The molecule has 3 aliphatic rings. The Morgan fingerprint density at radius 1 is 1.00 bits per heavy atom. The van der Waals surface area contributed by atoms with Crippen LogP contribution in [0.2, 0.25) is 0 Å². The van der Waals surface area contributed by atoms with Gasteiger partial charge in [0.1, 0.15) is 36.6 Å². The zero-order chi connectivity index (χ0) is 27.4. The number of hydrogen-bond acceptors (Lipinski definition) is 12. The molecule has 0 aromatic carbocycles. The highest BCUT2D eigenvalue weighted by Gasteiger charge is 2.54. The van der Waals surface area contributed by atoms with Crippen LogP contribution in [0.15, 0.2) is 0 Å². The highest BCUT2D eigenvalue weighted by Crippen LogP contribution is 2.38. The standard InChI is InChI=1S/C25H44O12/c1-6-7-8-9-10-11-16(27)33-20-18(29)17(28)14(12-26)32-23(20)34-22(30)21-19(36-25(4,5)37-21)15-13-31-24(2,3)35-15/h14-15,17-23,26,28-30H,6-13H2,1-5H3/t14-,15-,17-,18+,19-,20+,21-,22?,23+/m1/s1. The van der Waals surface area contributed by atoms with E-state index in [0.29, 0.717) is 6.42 Å². The molecule has 0 spiro atoms. The van der Waals surface area contributed by atoms with E-state index in [1.54, 1.807) is 27.7 Å². The minimum absolute atomic E-state index is 0.117. The van der Waals surface area contributed by atoms with Crippen LogP contribution < -0.4 is 0 Å². The van der Waals surface area contributed by atoms with Gasteiger partial charge in [0, 0.05) is 6.42 Å². The fourth-order valence-electron chi connectivity index (χ4n) is 4.79. The van der Waals surface area contributed by atoms with Crippen molar-refractivity contribution in [3.05, 3.63) is 0 Å². The molecule has 3 saturated heterocycles. The van der Waals surface area contributed by atoms with Crippen LogP contribution >= 0.6 is 0 Å². The molecule has 12 heteroatoms. The first-order valence-electron chi connectivity index (χ1n) is 13.2. The first-order chi connectivity index (χ1) is 17.4. The van der Waals surface area contributed by atoms with Gasteiger partial charge in [0.2, 0.25) is 6.29 Å². The minimum Gasteiger partial charge on any atom is -0.454 e. The van der Waals surface area contributed by atoms with E-state index in [-0.39, 0.29) is 13.0 Å². The van der Waals surface area contributed by atoms with E-state index >= 15 is 0 Å². The summed E-state index contributed by atoms with van der Waals surface area (Å²) in [6.07, 6.45) is -6.63. The van der Waals surface area contributed by atoms with Crippen molar-refractivity contribution < 1.29 is 58.4 Å². The van der Waals surface area contributed by atoms with Crippen molar-refractivity contribution in [1.29, 1.82) is 0 Å². The summed E-state index contributed by atoms with van der Waals surface area (Å²) in [5.74, 6) is -2.51. The number of unbranched alkanes of at least 4 members (excludes halogenated alkanes) is 4. The molecule has 9 atom stereocenters. The van der Waals surface area contributed by atoms with Crippen molar-refractivity contribution in [2.45, 2.75) is 140 Å². The summed E-state index contributed by atoms with van der Waals surface area (Å²) in [4.78, 5) is 12.5. The van der Waals surface area contributed by atoms with Gasteiger partial charge in [-0.2, -0.15) is 0 Å². The Morgan fingerprint density at radius 2 is 1.70 bits per heavy atom. The average molecular weight is 537 g/mol.